The van der Waals surface area contributed by atoms with E-state index in [1.54, 1.807) is 0 Å². The number of rotatable bonds is 3. The van der Waals surface area contributed by atoms with Crippen molar-refractivity contribution in [3.05, 3.63) is 35.4 Å². The monoisotopic (exact) mass is 273 g/mol. The molecule has 1 saturated carbocycles. The third kappa shape index (κ3) is 3.63. The summed E-state index contributed by atoms with van der Waals surface area (Å²) in [5.74, 6) is 1.69. The van der Waals surface area contributed by atoms with Gasteiger partial charge in [-0.2, -0.15) is 0 Å². The van der Waals surface area contributed by atoms with Crippen LogP contribution in [0.5, 0.6) is 0 Å². The predicted octanol–water partition coefficient (Wildman–Crippen LogP) is 5.11. The molecule has 1 atom stereocenters. The first kappa shape index (κ1) is 15.6. The molecule has 0 saturated heterocycles. The van der Waals surface area contributed by atoms with Gasteiger partial charge in [0.1, 0.15) is 0 Å². The minimum atomic E-state index is 0.476. The van der Waals surface area contributed by atoms with Gasteiger partial charge in [0.25, 0.3) is 0 Å². The lowest BCUT2D eigenvalue weighted by Crippen LogP contribution is -2.32. The number of benzene rings is 1. The largest absolute Gasteiger partial charge is 0.313 e. The van der Waals surface area contributed by atoms with Gasteiger partial charge < -0.3 is 5.32 Å². The Morgan fingerprint density at radius 1 is 1.10 bits per heavy atom. The number of hydrogen-bond donors (Lipinski definition) is 1. The highest BCUT2D eigenvalue weighted by molar-refractivity contribution is 5.25. The van der Waals surface area contributed by atoms with Gasteiger partial charge in [-0.25, -0.2) is 0 Å². The van der Waals surface area contributed by atoms with Crippen LogP contribution in [0.4, 0.5) is 0 Å². The molecule has 1 fully saturated rings. The first-order valence-corrected chi connectivity index (χ1v) is 8.15. The minimum Gasteiger partial charge on any atom is -0.313 e. The Balaban J connectivity index is 2.04. The molecule has 0 radical (unpaired) electrons. The van der Waals surface area contributed by atoms with Gasteiger partial charge in [-0.1, -0.05) is 50.6 Å². The Bertz CT molecular complexity index is 422. The second kappa shape index (κ2) is 6.30. The summed E-state index contributed by atoms with van der Waals surface area (Å²) in [5.41, 5.74) is 3.31. The van der Waals surface area contributed by atoms with E-state index < -0.39 is 0 Å². The molecule has 0 amide bonds. The van der Waals surface area contributed by atoms with E-state index in [1.165, 1.54) is 36.8 Å². The van der Waals surface area contributed by atoms with Crippen LogP contribution < -0.4 is 5.32 Å². The topological polar surface area (TPSA) is 12.0 Å². The Labute approximate surface area is 125 Å². The average Bonchev–Trinajstić information content (AvgIpc) is 2.39. The number of nitrogens with one attached hydrogen (secondary N) is 1. The second-order valence-corrected chi connectivity index (χ2v) is 7.66. The lowest BCUT2D eigenvalue weighted by molar-refractivity contribution is 0.134. The molecule has 20 heavy (non-hydrogen) atoms. The van der Waals surface area contributed by atoms with Crippen LogP contribution in [-0.2, 0) is 0 Å². The summed E-state index contributed by atoms with van der Waals surface area (Å²) in [7, 11) is 2.11. The smallest absolute Gasteiger partial charge is 0.0346 e. The average molecular weight is 273 g/mol. The van der Waals surface area contributed by atoms with Gasteiger partial charge >= 0.3 is 0 Å². The van der Waals surface area contributed by atoms with Crippen molar-refractivity contribution in [1.29, 1.82) is 0 Å². The highest BCUT2D eigenvalue weighted by atomic mass is 14.9. The van der Waals surface area contributed by atoms with Gasteiger partial charge in [0, 0.05) is 6.04 Å². The van der Waals surface area contributed by atoms with E-state index in [0.717, 1.165) is 11.8 Å². The summed E-state index contributed by atoms with van der Waals surface area (Å²) in [4.78, 5) is 0. The summed E-state index contributed by atoms with van der Waals surface area (Å²) in [6.07, 6.45) is 5.50. The fourth-order valence-electron chi connectivity index (χ4n) is 3.86. The van der Waals surface area contributed by atoms with Crippen LogP contribution in [0.2, 0.25) is 0 Å². The van der Waals surface area contributed by atoms with Crippen molar-refractivity contribution < 1.29 is 0 Å². The van der Waals surface area contributed by atoms with Gasteiger partial charge in [-0.15, -0.1) is 0 Å². The van der Waals surface area contributed by atoms with E-state index >= 15 is 0 Å². The van der Waals surface area contributed by atoms with E-state index in [4.69, 9.17) is 0 Å². The molecule has 1 aliphatic carbocycles. The molecule has 1 aromatic rings. The zero-order valence-corrected chi connectivity index (χ0v) is 13.9. The maximum atomic E-state index is 3.57. The molecule has 0 aromatic heterocycles. The van der Waals surface area contributed by atoms with Gasteiger partial charge in [0.05, 0.1) is 0 Å². The third-order valence-corrected chi connectivity index (χ3v) is 5.18. The van der Waals surface area contributed by atoms with Gasteiger partial charge in [0.15, 0.2) is 0 Å². The summed E-state index contributed by atoms with van der Waals surface area (Å²) >= 11 is 0. The first-order valence-electron chi connectivity index (χ1n) is 8.15. The van der Waals surface area contributed by atoms with Gasteiger partial charge in [-0.3, -0.25) is 0 Å². The van der Waals surface area contributed by atoms with Gasteiger partial charge in [-0.05, 0) is 62.5 Å². The van der Waals surface area contributed by atoms with Crippen LogP contribution in [0.1, 0.15) is 63.6 Å². The first-order chi connectivity index (χ1) is 9.41. The second-order valence-electron chi connectivity index (χ2n) is 7.66. The van der Waals surface area contributed by atoms with Crippen molar-refractivity contribution in [2.45, 2.75) is 59.4 Å². The zero-order chi connectivity index (χ0) is 14.8. The zero-order valence-electron chi connectivity index (χ0n) is 13.9. The van der Waals surface area contributed by atoms with Crippen molar-refractivity contribution in [2.24, 2.45) is 17.3 Å². The van der Waals surface area contributed by atoms with Crippen molar-refractivity contribution in [2.75, 3.05) is 7.05 Å². The van der Waals surface area contributed by atoms with Crippen LogP contribution in [0.3, 0.4) is 0 Å². The molecule has 1 heteroatoms. The molecule has 2 rings (SSSR count). The fourth-order valence-corrected chi connectivity index (χ4v) is 3.86. The van der Waals surface area contributed by atoms with Crippen LogP contribution in [0, 0.1) is 24.2 Å². The Hall–Kier alpha value is -0.820. The van der Waals surface area contributed by atoms with E-state index in [9.17, 15) is 0 Å². The highest BCUT2D eigenvalue weighted by Gasteiger charge is 2.32. The molecule has 1 N–H and O–H groups in total. The Morgan fingerprint density at radius 3 is 2.25 bits per heavy atom. The number of aryl methyl sites for hydroxylation is 1. The van der Waals surface area contributed by atoms with Crippen LogP contribution >= 0.6 is 0 Å². The molecule has 0 heterocycles. The van der Waals surface area contributed by atoms with Crippen molar-refractivity contribution in [3.8, 4) is 0 Å². The summed E-state index contributed by atoms with van der Waals surface area (Å²) in [5, 5.41) is 3.57. The molecule has 1 aliphatic rings. The standard InChI is InChI=1S/C19H31N/c1-14-7-6-8-16(13-14)18(20-5)15-9-11-17(12-10-15)19(2,3)4/h6-8,13,15,17-18,20H,9-12H2,1-5H3. The molecule has 1 nitrogen and oxygen atoms in total. The van der Waals surface area contributed by atoms with E-state index in [2.05, 4.69) is 64.3 Å². The lowest BCUT2D eigenvalue weighted by atomic mass is 9.68. The third-order valence-electron chi connectivity index (χ3n) is 5.18. The molecule has 0 bridgehead atoms. The number of hydrogen-bond acceptors (Lipinski definition) is 1. The Morgan fingerprint density at radius 2 is 1.75 bits per heavy atom. The molecule has 1 aromatic carbocycles. The van der Waals surface area contributed by atoms with E-state index in [0.29, 0.717) is 11.5 Å². The van der Waals surface area contributed by atoms with Gasteiger partial charge in [0.2, 0.25) is 0 Å². The van der Waals surface area contributed by atoms with Crippen LogP contribution in [-0.4, -0.2) is 7.05 Å². The van der Waals surface area contributed by atoms with Crippen molar-refractivity contribution in [3.63, 3.8) is 0 Å². The fraction of sp³-hybridized carbons (Fsp3) is 0.684. The molecule has 0 aliphatic heterocycles. The molecular formula is C19H31N. The van der Waals surface area contributed by atoms with Crippen LogP contribution in [0.15, 0.2) is 24.3 Å². The predicted molar refractivity (Wildman–Crippen MR) is 87.9 cm³/mol. The molecule has 0 spiro atoms. The quantitative estimate of drug-likeness (QED) is 0.807. The minimum absolute atomic E-state index is 0.476. The summed E-state index contributed by atoms with van der Waals surface area (Å²) in [6.45, 7) is 9.38. The molecular weight excluding hydrogens is 242 g/mol. The maximum Gasteiger partial charge on any atom is 0.0346 e. The summed E-state index contributed by atoms with van der Waals surface area (Å²) in [6, 6.07) is 9.53. The van der Waals surface area contributed by atoms with Crippen LogP contribution in [0.25, 0.3) is 0 Å². The van der Waals surface area contributed by atoms with Crippen molar-refractivity contribution >= 4 is 0 Å². The Kier molecular flexibility index (Phi) is 4.90. The normalized spacial score (nSPS) is 25.4. The summed E-state index contributed by atoms with van der Waals surface area (Å²) < 4.78 is 0. The molecule has 112 valence electrons. The molecule has 1 unspecified atom stereocenters. The lowest BCUT2D eigenvalue weighted by Gasteiger charge is -2.39. The van der Waals surface area contributed by atoms with E-state index in [-0.39, 0.29) is 0 Å². The maximum absolute atomic E-state index is 3.57. The highest BCUT2D eigenvalue weighted by Crippen LogP contribution is 2.43. The SMILES string of the molecule is CNC(c1cccc(C)c1)C1CCC(C(C)(C)C)CC1. The van der Waals surface area contributed by atoms with Crippen molar-refractivity contribution in [1.82, 2.24) is 5.32 Å². The van der Waals surface area contributed by atoms with E-state index in [1.807, 2.05) is 0 Å².